The van der Waals surface area contributed by atoms with Crippen molar-refractivity contribution in [2.45, 2.75) is 16.7 Å². The summed E-state index contributed by atoms with van der Waals surface area (Å²) >= 11 is 6.09. The maximum absolute atomic E-state index is 13.2. The topological polar surface area (TPSA) is 134 Å². The number of aryl methyl sites for hydroxylation is 1. The van der Waals surface area contributed by atoms with Gasteiger partial charge in [-0.1, -0.05) is 11.6 Å². The summed E-state index contributed by atoms with van der Waals surface area (Å²) < 4.78 is 36.8. The molecule has 0 aliphatic heterocycles. The number of nitrogens with two attached hydrogens (primary N) is 2. The van der Waals surface area contributed by atoms with Crippen LogP contribution in [0.15, 0.2) is 45.1 Å². The van der Waals surface area contributed by atoms with Crippen LogP contribution in [0.3, 0.4) is 0 Å². The Morgan fingerprint density at radius 3 is 2.22 bits per heavy atom. The lowest BCUT2D eigenvalue weighted by Crippen LogP contribution is -2.24. The fourth-order valence-electron chi connectivity index (χ4n) is 2.37. The third-order valence-electron chi connectivity index (χ3n) is 3.67. The Balaban J connectivity index is 2.71. The van der Waals surface area contributed by atoms with Crippen molar-refractivity contribution in [1.29, 1.82) is 0 Å². The predicted octanol–water partition coefficient (Wildman–Crippen LogP) is 1.91. The SMILES string of the molecule is COc1cc(S(=O)(=O)c2cc(C(=O)N=C(N)N)ccc2Cl)c(OC)cc1C. The predicted molar refractivity (Wildman–Crippen MR) is 101 cm³/mol. The Kier molecular flexibility index (Phi) is 5.97. The molecule has 0 radical (unpaired) electrons. The molecular formula is C17H18ClN3O5S. The van der Waals surface area contributed by atoms with Gasteiger partial charge in [0.1, 0.15) is 16.4 Å². The van der Waals surface area contributed by atoms with Gasteiger partial charge in [0.25, 0.3) is 5.91 Å². The molecule has 0 heterocycles. The number of carbonyl (C=O) groups excluding carboxylic acids is 1. The van der Waals surface area contributed by atoms with Crippen molar-refractivity contribution >= 4 is 33.3 Å². The minimum atomic E-state index is -4.15. The van der Waals surface area contributed by atoms with E-state index in [-0.39, 0.29) is 26.1 Å². The summed E-state index contributed by atoms with van der Waals surface area (Å²) in [5.41, 5.74) is 11.0. The van der Waals surface area contributed by atoms with Crippen LogP contribution in [0.5, 0.6) is 11.5 Å². The average molecular weight is 412 g/mol. The lowest BCUT2D eigenvalue weighted by molar-refractivity contribution is 0.100. The minimum absolute atomic E-state index is 0.0376. The molecule has 144 valence electrons. The molecule has 0 spiro atoms. The molecule has 0 saturated heterocycles. The van der Waals surface area contributed by atoms with E-state index >= 15 is 0 Å². The van der Waals surface area contributed by atoms with Crippen LogP contribution in [-0.2, 0) is 9.84 Å². The smallest absolute Gasteiger partial charge is 0.280 e. The van der Waals surface area contributed by atoms with Gasteiger partial charge < -0.3 is 20.9 Å². The highest BCUT2D eigenvalue weighted by atomic mass is 35.5. The Morgan fingerprint density at radius 1 is 1.04 bits per heavy atom. The molecule has 4 N–H and O–H groups in total. The summed E-state index contributed by atoms with van der Waals surface area (Å²) in [6.07, 6.45) is 0. The quantitative estimate of drug-likeness (QED) is 0.566. The molecule has 2 aromatic carbocycles. The second-order valence-electron chi connectivity index (χ2n) is 5.46. The first-order valence-corrected chi connectivity index (χ1v) is 9.39. The second-order valence-corrected chi connectivity index (χ2v) is 7.76. The Hall–Kier alpha value is -2.78. The molecule has 2 aromatic rings. The van der Waals surface area contributed by atoms with Crippen LogP contribution in [-0.4, -0.2) is 34.5 Å². The number of halogens is 1. The van der Waals surface area contributed by atoms with Crippen molar-refractivity contribution in [1.82, 2.24) is 0 Å². The standard InChI is InChI=1S/C17H18ClN3O5S/c1-9-6-13(26-3)15(8-12(9)25-2)27(23,24)14-7-10(4-5-11(14)18)16(22)21-17(19)20/h4-8H,1-3H3,(H4,19,20,21,22). The van der Waals surface area contributed by atoms with Gasteiger partial charge in [-0.2, -0.15) is 4.99 Å². The summed E-state index contributed by atoms with van der Waals surface area (Å²) in [6.45, 7) is 1.75. The van der Waals surface area contributed by atoms with Gasteiger partial charge in [0.15, 0.2) is 5.96 Å². The summed E-state index contributed by atoms with van der Waals surface area (Å²) in [4.78, 5) is 15.0. The molecule has 8 nitrogen and oxygen atoms in total. The molecule has 0 atom stereocenters. The summed E-state index contributed by atoms with van der Waals surface area (Å²) in [7, 11) is -1.38. The van der Waals surface area contributed by atoms with Crippen LogP contribution in [0.4, 0.5) is 0 Å². The van der Waals surface area contributed by atoms with Crippen molar-refractivity contribution < 1.29 is 22.7 Å². The lowest BCUT2D eigenvalue weighted by Gasteiger charge is -2.14. The number of sulfone groups is 1. The number of methoxy groups -OCH3 is 2. The monoisotopic (exact) mass is 411 g/mol. The highest BCUT2D eigenvalue weighted by Crippen LogP contribution is 2.37. The number of carbonyl (C=O) groups is 1. The number of benzene rings is 2. The van der Waals surface area contributed by atoms with Crippen LogP contribution in [0.25, 0.3) is 0 Å². The van der Waals surface area contributed by atoms with E-state index in [1.54, 1.807) is 6.92 Å². The Morgan fingerprint density at radius 2 is 1.67 bits per heavy atom. The van der Waals surface area contributed by atoms with E-state index in [4.69, 9.17) is 32.5 Å². The molecule has 0 aromatic heterocycles. The first kappa shape index (κ1) is 20.5. The maximum Gasteiger partial charge on any atom is 0.280 e. The molecule has 0 bridgehead atoms. The zero-order chi connectivity index (χ0) is 20.4. The molecule has 0 saturated carbocycles. The van der Waals surface area contributed by atoms with E-state index in [0.29, 0.717) is 11.3 Å². The molecule has 0 aliphatic rings. The van der Waals surface area contributed by atoms with E-state index in [9.17, 15) is 13.2 Å². The van der Waals surface area contributed by atoms with Crippen LogP contribution in [0.2, 0.25) is 5.02 Å². The van der Waals surface area contributed by atoms with Crippen LogP contribution < -0.4 is 20.9 Å². The van der Waals surface area contributed by atoms with Gasteiger partial charge in [-0.3, -0.25) is 4.79 Å². The van der Waals surface area contributed by atoms with Crippen molar-refractivity contribution in [3.05, 3.63) is 46.5 Å². The van der Waals surface area contributed by atoms with Gasteiger partial charge in [-0.15, -0.1) is 0 Å². The third-order valence-corrected chi connectivity index (χ3v) is 5.93. The molecule has 2 rings (SSSR count). The highest BCUT2D eigenvalue weighted by molar-refractivity contribution is 7.91. The fraction of sp³-hybridized carbons (Fsp3) is 0.176. The first-order valence-electron chi connectivity index (χ1n) is 7.53. The summed E-state index contributed by atoms with van der Waals surface area (Å²) in [6, 6.07) is 6.58. The minimum Gasteiger partial charge on any atom is -0.496 e. The van der Waals surface area contributed by atoms with Crippen molar-refractivity contribution in [3.63, 3.8) is 0 Å². The number of hydrogen-bond donors (Lipinski definition) is 2. The van der Waals surface area contributed by atoms with Crippen LogP contribution >= 0.6 is 11.6 Å². The number of rotatable bonds is 5. The van der Waals surface area contributed by atoms with Crippen molar-refractivity contribution in [3.8, 4) is 11.5 Å². The van der Waals surface area contributed by atoms with Crippen molar-refractivity contribution in [2.24, 2.45) is 16.5 Å². The van der Waals surface area contributed by atoms with E-state index < -0.39 is 21.7 Å². The van der Waals surface area contributed by atoms with Crippen LogP contribution in [0, 0.1) is 6.92 Å². The molecular weight excluding hydrogens is 394 g/mol. The van der Waals surface area contributed by atoms with E-state index in [2.05, 4.69) is 4.99 Å². The van der Waals surface area contributed by atoms with Crippen molar-refractivity contribution in [2.75, 3.05) is 14.2 Å². The maximum atomic E-state index is 13.2. The lowest BCUT2D eigenvalue weighted by atomic mass is 10.2. The Labute approximate surface area is 161 Å². The van der Waals surface area contributed by atoms with Gasteiger partial charge in [-0.05, 0) is 36.8 Å². The third kappa shape index (κ3) is 4.15. The highest BCUT2D eigenvalue weighted by Gasteiger charge is 2.27. The fourth-order valence-corrected chi connectivity index (χ4v) is 4.31. The Bertz CT molecular complexity index is 1030. The number of aliphatic imine (C=N–C) groups is 1. The second kappa shape index (κ2) is 7.85. The van der Waals surface area contributed by atoms with E-state index in [1.165, 1.54) is 38.5 Å². The number of nitrogens with zero attached hydrogens (tertiary/aromatic N) is 1. The van der Waals surface area contributed by atoms with Gasteiger partial charge in [0, 0.05) is 11.6 Å². The molecule has 0 fully saturated rings. The van der Waals surface area contributed by atoms with Gasteiger partial charge in [0.05, 0.1) is 24.1 Å². The molecule has 27 heavy (non-hydrogen) atoms. The zero-order valence-corrected chi connectivity index (χ0v) is 16.4. The number of hydrogen-bond acceptors (Lipinski definition) is 5. The molecule has 10 heteroatoms. The molecule has 0 aliphatic carbocycles. The summed E-state index contributed by atoms with van der Waals surface area (Å²) in [5, 5.41) is -0.0714. The van der Waals surface area contributed by atoms with Gasteiger partial charge in [-0.25, -0.2) is 8.42 Å². The average Bonchev–Trinajstić information content (AvgIpc) is 2.60. The summed E-state index contributed by atoms with van der Waals surface area (Å²) in [5.74, 6) is -0.760. The first-order chi connectivity index (χ1) is 12.6. The van der Waals surface area contributed by atoms with Gasteiger partial charge in [0.2, 0.25) is 9.84 Å². The largest absolute Gasteiger partial charge is 0.496 e. The number of ether oxygens (including phenoxy) is 2. The van der Waals surface area contributed by atoms with Gasteiger partial charge >= 0.3 is 0 Å². The molecule has 1 amide bonds. The van der Waals surface area contributed by atoms with Crippen LogP contribution in [0.1, 0.15) is 15.9 Å². The van der Waals surface area contributed by atoms with E-state index in [1.807, 2.05) is 0 Å². The molecule has 0 unspecified atom stereocenters. The van der Waals surface area contributed by atoms with E-state index in [0.717, 1.165) is 6.07 Å². The number of guanidine groups is 1. The zero-order valence-electron chi connectivity index (χ0n) is 14.8. The number of amides is 1. The normalized spacial score (nSPS) is 11.0.